The number of allylic oxidation sites excluding steroid dienone is 1. The summed E-state index contributed by atoms with van der Waals surface area (Å²) in [4.78, 5) is 36.4. The smallest absolute Gasteiger partial charge is 0.242 e. The molecule has 3 N–H and O–H groups in total. The van der Waals surface area contributed by atoms with Crippen molar-refractivity contribution < 1.29 is 14.4 Å². The third kappa shape index (κ3) is 15.0. The summed E-state index contributed by atoms with van der Waals surface area (Å²) in [5.41, 5.74) is 0. The van der Waals surface area contributed by atoms with Gasteiger partial charge in [-0.1, -0.05) is 58.6 Å². The summed E-state index contributed by atoms with van der Waals surface area (Å²) in [6.07, 6.45) is 11.7. The molecule has 0 rings (SSSR count). The molecule has 0 saturated heterocycles. The predicted molar refractivity (Wildman–Crippen MR) is 110 cm³/mol. The van der Waals surface area contributed by atoms with E-state index in [1.165, 1.54) is 0 Å². The molecule has 0 fully saturated rings. The Hall–Kier alpha value is -1.85. The number of nitrogens with one attached hydrogen (secondary N) is 3. The highest BCUT2D eigenvalue weighted by Crippen LogP contribution is 2.01. The first-order chi connectivity index (χ1) is 13.0. The Bertz CT molecular complexity index is 450. The van der Waals surface area contributed by atoms with Crippen LogP contribution >= 0.6 is 0 Å². The van der Waals surface area contributed by atoms with Gasteiger partial charge in [-0.3, -0.25) is 14.4 Å². The molecule has 0 aliphatic heterocycles. The second-order valence-electron chi connectivity index (χ2n) is 6.82. The zero-order chi connectivity index (χ0) is 20.3. The molecule has 0 bridgehead atoms. The van der Waals surface area contributed by atoms with Gasteiger partial charge in [-0.25, -0.2) is 0 Å². The Kier molecular flexibility index (Phi) is 16.4. The summed E-state index contributed by atoms with van der Waals surface area (Å²) in [6.45, 7) is 7.48. The average molecular weight is 382 g/mol. The van der Waals surface area contributed by atoms with Crippen LogP contribution in [0.5, 0.6) is 0 Å². The minimum absolute atomic E-state index is 0.0801. The summed E-state index contributed by atoms with van der Waals surface area (Å²) in [5.74, 6) is -0.485. The number of carbonyl (C=O) groups excluding carboxylic acids is 3. The van der Waals surface area contributed by atoms with E-state index in [9.17, 15) is 14.4 Å². The van der Waals surface area contributed by atoms with Gasteiger partial charge in [0.1, 0.15) is 6.04 Å². The van der Waals surface area contributed by atoms with Crippen molar-refractivity contribution in [3.8, 4) is 0 Å². The first-order valence-electron chi connectivity index (χ1n) is 10.5. The molecule has 0 spiro atoms. The molecule has 0 radical (unpaired) electrons. The molecule has 0 unspecified atom stereocenters. The lowest BCUT2D eigenvalue weighted by Gasteiger charge is -2.18. The largest absolute Gasteiger partial charge is 0.356 e. The lowest BCUT2D eigenvalue weighted by molar-refractivity contribution is -0.129. The molecule has 3 amide bonds. The quantitative estimate of drug-likeness (QED) is 0.283. The predicted octanol–water partition coefficient (Wildman–Crippen LogP) is 3.22. The Morgan fingerprint density at radius 1 is 0.815 bits per heavy atom. The van der Waals surface area contributed by atoms with E-state index in [0.717, 1.165) is 44.9 Å². The SMILES string of the molecule is CCCC/C=C/CC(=O)N[C@@H](CCC(=O)NCCCC)C(=O)NCCCC. The summed E-state index contributed by atoms with van der Waals surface area (Å²) >= 11 is 0. The van der Waals surface area contributed by atoms with E-state index in [4.69, 9.17) is 0 Å². The fourth-order valence-electron chi connectivity index (χ4n) is 2.43. The number of hydrogen-bond donors (Lipinski definition) is 3. The Labute approximate surface area is 164 Å². The van der Waals surface area contributed by atoms with Gasteiger partial charge in [-0.05, 0) is 25.7 Å². The summed E-state index contributed by atoms with van der Waals surface area (Å²) in [5, 5.41) is 8.46. The molecule has 0 aliphatic carbocycles. The molecule has 156 valence electrons. The summed E-state index contributed by atoms with van der Waals surface area (Å²) in [7, 11) is 0. The highest BCUT2D eigenvalue weighted by atomic mass is 16.2. The molecule has 27 heavy (non-hydrogen) atoms. The van der Waals surface area contributed by atoms with Gasteiger partial charge >= 0.3 is 0 Å². The van der Waals surface area contributed by atoms with E-state index in [-0.39, 0.29) is 30.6 Å². The fourth-order valence-corrected chi connectivity index (χ4v) is 2.43. The van der Waals surface area contributed by atoms with Crippen LogP contribution in [0.3, 0.4) is 0 Å². The van der Waals surface area contributed by atoms with Crippen molar-refractivity contribution in [1.82, 2.24) is 16.0 Å². The first-order valence-corrected chi connectivity index (χ1v) is 10.5. The van der Waals surface area contributed by atoms with Gasteiger partial charge in [0, 0.05) is 25.9 Å². The van der Waals surface area contributed by atoms with Gasteiger partial charge in [0.2, 0.25) is 17.7 Å². The van der Waals surface area contributed by atoms with Gasteiger partial charge < -0.3 is 16.0 Å². The molecule has 0 aromatic rings. The standard InChI is InChI=1S/C21H39N3O3/c1-4-7-10-11-12-13-20(26)24-18(21(27)23-17-9-6-3)14-15-19(25)22-16-8-5-2/h11-12,18H,4-10,13-17H2,1-3H3,(H,22,25)(H,23,27)(H,24,26)/b12-11+/t18-/m0/s1. The van der Waals surface area contributed by atoms with Crippen LogP contribution in [0, 0.1) is 0 Å². The van der Waals surface area contributed by atoms with Gasteiger partial charge in [-0.15, -0.1) is 0 Å². The van der Waals surface area contributed by atoms with Crippen LogP contribution in [0.25, 0.3) is 0 Å². The molecule has 0 saturated carbocycles. The van der Waals surface area contributed by atoms with Gasteiger partial charge in [0.25, 0.3) is 0 Å². The van der Waals surface area contributed by atoms with E-state index >= 15 is 0 Å². The molecule has 0 aliphatic rings. The molecule has 0 aromatic carbocycles. The Morgan fingerprint density at radius 2 is 1.44 bits per heavy atom. The second kappa shape index (κ2) is 17.6. The van der Waals surface area contributed by atoms with Crippen molar-refractivity contribution in [3.05, 3.63) is 12.2 Å². The van der Waals surface area contributed by atoms with Crippen LogP contribution in [-0.2, 0) is 14.4 Å². The monoisotopic (exact) mass is 381 g/mol. The molecular formula is C21H39N3O3. The van der Waals surface area contributed by atoms with Gasteiger partial charge in [0.05, 0.1) is 0 Å². The highest BCUT2D eigenvalue weighted by molar-refractivity contribution is 5.88. The topological polar surface area (TPSA) is 87.3 Å². The van der Waals surface area contributed by atoms with Crippen molar-refractivity contribution in [2.45, 2.75) is 91.0 Å². The number of hydrogen-bond acceptors (Lipinski definition) is 3. The maximum atomic E-state index is 12.4. The summed E-state index contributed by atoms with van der Waals surface area (Å²) in [6, 6.07) is -0.671. The van der Waals surface area contributed by atoms with Crippen molar-refractivity contribution in [3.63, 3.8) is 0 Å². The Morgan fingerprint density at radius 3 is 2.07 bits per heavy atom. The maximum absolute atomic E-state index is 12.4. The lowest BCUT2D eigenvalue weighted by atomic mass is 10.1. The molecule has 1 atom stereocenters. The van der Waals surface area contributed by atoms with Crippen LogP contribution < -0.4 is 16.0 Å². The van der Waals surface area contributed by atoms with Crippen LogP contribution in [0.4, 0.5) is 0 Å². The highest BCUT2D eigenvalue weighted by Gasteiger charge is 2.21. The van der Waals surface area contributed by atoms with Crippen molar-refractivity contribution in [2.75, 3.05) is 13.1 Å². The van der Waals surface area contributed by atoms with E-state index in [1.54, 1.807) is 0 Å². The normalized spacial score (nSPS) is 12.0. The van der Waals surface area contributed by atoms with Crippen LogP contribution in [-0.4, -0.2) is 36.9 Å². The minimum Gasteiger partial charge on any atom is -0.356 e. The van der Waals surface area contributed by atoms with Crippen molar-refractivity contribution >= 4 is 17.7 Å². The molecule has 0 aromatic heterocycles. The van der Waals surface area contributed by atoms with E-state index in [0.29, 0.717) is 19.5 Å². The van der Waals surface area contributed by atoms with E-state index in [2.05, 4.69) is 36.7 Å². The van der Waals surface area contributed by atoms with Crippen LogP contribution in [0.1, 0.15) is 85.0 Å². The second-order valence-corrected chi connectivity index (χ2v) is 6.82. The van der Waals surface area contributed by atoms with Crippen LogP contribution in [0.15, 0.2) is 12.2 Å². The fraction of sp³-hybridized carbons (Fsp3) is 0.762. The van der Waals surface area contributed by atoms with Gasteiger partial charge in [-0.2, -0.15) is 0 Å². The number of carbonyl (C=O) groups is 3. The molecular weight excluding hydrogens is 342 g/mol. The molecule has 6 heteroatoms. The lowest BCUT2D eigenvalue weighted by Crippen LogP contribution is -2.47. The van der Waals surface area contributed by atoms with E-state index < -0.39 is 6.04 Å². The zero-order valence-electron chi connectivity index (χ0n) is 17.4. The zero-order valence-corrected chi connectivity index (χ0v) is 17.4. The summed E-state index contributed by atoms with van der Waals surface area (Å²) < 4.78 is 0. The van der Waals surface area contributed by atoms with Gasteiger partial charge in [0.15, 0.2) is 0 Å². The third-order valence-corrected chi connectivity index (χ3v) is 4.19. The third-order valence-electron chi connectivity index (χ3n) is 4.19. The molecule has 6 nitrogen and oxygen atoms in total. The Balaban J connectivity index is 4.49. The van der Waals surface area contributed by atoms with E-state index in [1.807, 2.05) is 12.2 Å². The van der Waals surface area contributed by atoms with Crippen molar-refractivity contribution in [1.29, 1.82) is 0 Å². The number of unbranched alkanes of at least 4 members (excludes halogenated alkanes) is 4. The average Bonchev–Trinajstić information content (AvgIpc) is 2.65. The maximum Gasteiger partial charge on any atom is 0.242 e. The van der Waals surface area contributed by atoms with Crippen molar-refractivity contribution in [2.24, 2.45) is 0 Å². The minimum atomic E-state index is -0.671. The van der Waals surface area contributed by atoms with Crippen LogP contribution in [0.2, 0.25) is 0 Å². The first kappa shape index (κ1) is 25.1. The number of rotatable bonds is 16. The molecule has 0 heterocycles. The number of amides is 3.